The molecule has 0 bridgehead atoms. The van der Waals surface area contributed by atoms with Gasteiger partial charge >= 0.3 is 29.6 Å². The monoisotopic (exact) mass is 254 g/mol. The van der Waals surface area contributed by atoms with Crippen molar-refractivity contribution in [3.05, 3.63) is 0 Å². The summed E-state index contributed by atoms with van der Waals surface area (Å²) in [6, 6.07) is 0. The molecule has 0 spiro atoms. The fraction of sp³-hybridized carbons (Fsp3) is 1.00. The molecule has 0 saturated heterocycles. The maximum Gasteiger partial charge on any atom is 1.00 e. The van der Waals surface area contributed by atoms with Crippen molar-refractivity contribution in [1.82, 2.24) is 0 Å². The standard InChI is InChI=1S/C12H23O2P.Na.H/c13-15(14,11-7-3-1-4-8-11)12-9-5-2-6-10-12;;/h11-12H,1-10H2,(H,13,14);;/q;+1;-1. The summed E-state index contributed by atoms with van der Waals surface area (Å²) in [6.45, 7) is 0. The zero-order valence-electron chi connectivity index (χ0n) is 11.5. The van der Waals surface area contributed by atoms with Crippen molar-refractivity contribution in [3.8, 4) is 0 Å². The van der Waals surface area contributed by atoms with Crippen LogP contribution < -0.4 is 29.6 Å². The SMILES string of the molecule is O=P(O)(C1CCCCC1)C1CCCCC1.[H-].[Na+]. The van der Waals surface area contributed by atoms with E-state index in [4.69, 9.17) is 0 Å². The van der Waals surface area contributed by atoms with Crippen molar-refractivity contribution in [2.24, 2.45) is 0 Å². The van der Waals surface area contributed by atoms with Crippen LogP contribution in [0, 0.1) is 0 Å². The number of hydrogen-bond donors (Lipinski definition) is 1. The third kappa shape index (κ3) is 3.59. The zero-order valence-corrected chi connectivity index (χ0v) is 13.4. The summed E-state index contributed by atoms with van der Waals surface area (Å²) >= 11 is 0. The van der Waals surface area contributed by atoms with Crippen LogP contribution in [0.3, 0.4) is 0 Å². The molecule has 4 heteroatoms. The van der Waals surface area contributed by atoms with Crippen molar-refractivity contribution in [3.63, 3.8) is 0 Å². The molecular formula is C12H24NaO2P. The fourth-order valence-electron chi connectivity index (χ4n) is 3.20. The van der Waals surface area contributed by atoms with Crippen LogP contribution in [-0.2, 0) is 4.57 Å². The van der Waals surface area contributed by atoms with E-state index in [2.05, 4.69) is 0 Å². The molecule has 0 amide bonds. The van der Waals surface area contributed by atoms with E-state index in [0.717, 1.165) is 25.7 Å². The Labute approximate surface area is 123 Å². The molecule has 0 unspecified atom stereocenters. The Bertz CT molecular complexity index is 229. The molecular weight excluding hydrogens is 230 g/mol. The van der Waals surface area contributed by atoms with E-state index in [1.54, 1.807) is 0 Å². The Morgan fingerprint density at radius 2 is 1.12 bits per heavy atom. The largest absolute Gasteiger partial charge is 1.00 e. The van der Waals surface area contributed by atoms with Crippen LogP contribution in [0.2, 0.25) is 0 Å². The van der Waals surface area contributed by atoms with Gasteiger partial charge in [-0.15, -0.1) is 0 Å². The molecule has 2 aliphatic carbocycles. The van der Waals surface area contributed by atoms with Gasteiger partial charge in [0.05, 0.1) is 0 Å². The summed E-state index contributed by atoms with van der Waals surface area (Å²) < 4.78 is 12.5. The van der Waals surface area contributed by atoms with Gasteiger partial charge in [0.15, 0.2) is 0 Å². The molecule has 16 heavy (non-hydrogen) atoms. The van der Waals surface area contributed by atoms with Gasteiger partial charge in [0.25, 0.3) is 0 Å². The molecule has 2 aliphatic rings. The van der Waals surface area contributed by atoms with Gasteiger partial charge in [0, 0.05) is 11.3 Å². The molecule has 0 aromatic rings. The van der Waals surface area contributed by atoms with E-state index in [1.807, 2.05) is 0 Å². The first-order valence-corrected chi connectivity index (χ1v) is 8.33. The predicted octanol–water partition coefficient (Wildman–Crippen LogP) is 1.04. The predicted molar refractivity (Wildman–Crippen MR) is 64.7 cm³/mol. The summed E-state index contributed by atoms with van der Waals surface area (Å²) in [5, 5.41) is 0. The van der Waals surface area contributed by atoms with Gasteiger partial charge in [-0.05, 0) is 25.7 Å². The Morgan fingerprint density at radius 1 is 0.812 bits per heavy atom. The summed E-state index contributed by atoms with van der Waals surface area (Å²) in [5.41, 5.74) is 0.295. The number of rotatable bonds is 2. The topological polar surface area (TPSA) is 37.3 Å². The second-order valence-corrected chi connectivity index (χ2v) is 8.06. The van der Waals surface area contributed by atoms with Gasteiger partial charge < -0.3 is 6.32 Å². The molecule has 1 N–H and O–H groups in total. The molecule has 2 fully saturated rings. The molecule has 0 aliphatic heterocycles. The molecule has 0 heterocycles. The van der Waals surface area contributed by atoms with Gasteiger partial charge in [0.2, 0.25) is 7.37 Å². The van der Waals surface area contributed by atoms with Gasteiger partial charge in [-0.1, -0.05) is 38.5 Å². The van der Waals surface area contributed by atoms with Crippen molar-refractivity contribution in [2.75, 3.05) is 0 Å². The maximum atomic E-state index is 12.5. The molecule has 2 rings (SSSR count). The second kappa shape index (κ2) is 6.95. The molecule has 0 aromatic heterocycles. The van der Waals surface area contributed by atoms with E-state index in [9.17, 15) is 9.46 Å². The molecule has 2 saturated carbocycles. The van der Waals surface area contributed by atoms with E-state index in [-0.39, 0.29) is 42.3 Å². The number of hydrogen-bond acceptors (Lipinski definition) is 1. The van der Waals surface area contributed by atoms with Crippen molar-refractivity contribution in [2.45, 2.75) is 75.5 Å². The van der Waals surface area contributed by atoms with Gasteiger partial charge in [-0.3, -0.25) is 4.57 Å². The Hall–Kier alpha value is 1.19. The van der Waals surface area contributed by atoms with Crippen molar-refractivity contribution >= 4 is 7.37 Å². The minimum Gasteiger partial charge on any atom is -1.00 e. The van der Waals surface area contributed by atoms with Crippen LogP contribution in [0.15, 0.2) is 0 Å². The third-order valence-electron chi connectivity index (χ3n) is 4.20. The summed E-state index contributed by atoms with van der Waals surface area (Å²) in [7, 11) is -2.84. The molecule has 0 aromatic carbocycles. The summed E-state index contributed by atoms with van der Waals surface area (Å²) in [5.74, 6) is 0. The smallest absolute Gasteiger partial charge is 1.00 e. The van der Waals surface area contributed by atoms with Crippen molar-refractivity contribution in [1.29, 1.82) is 0 Å². The van der Waals surface area contributed by atoms with E-state index < -0.39 is 7.37 Å². The normalized spacial score (nSPS) is 25.1. The summed E-state index contributed by atoms with van der Waals surface area (Å²) in [6.07, 6.45) is 11.2. The quantitative estimate of drug-likeness (QED) is 0.590. The minimum absolute atomic E-state index is 0. The van der Waals surface area contributed by atoms with Crippen molar-refractivity contribution < 1.29 is 40.4 Å². The minimum atomic E-state index is -2.84. The summed E-state index contributed by atoms with van der Waals surface area (Å²) in [4.78, 5) is 10.3. The maximum absolute atomic E-state index is 12.5. The van der Waals surface area contributed by atoms with Crippen LogP contribution in [-0.4, -0.2) is 16.2 Å². The first-order valence-electron chi connectivity index (χ1n) is 6.53. The molecule has 2 nitrogen and oxygen atoms in total. The van der Waals surface area contributed by atoms with E-state index >= 15 is 0 Å². The van der Waals surface area contributed by atoms with Crippen LogP contribution in [0.1, 0.15) is 65.6 Å². The van der Waals surface area contributed by atoms with Gasteiger partial charge in [-0.2, -0.15) is 0 Å². The van der Waals surface area contributed by atoms with Crippen LogP contribution in [0.5, 0.6) is 0 Å². The Morgan fingerprint density at radius 3 is 1.44 bits per heavy atom. The van der Waals surface area contributed by atoms with Crippen LogP contribution >= 0.6 is 7.37 Å². The third-order valence-corrected chi connectivity index (χ3v) is 7.32. The first-order chi connectivity index (χ1) is 7.21. The first kappa shape index (κ1) is 15.2. The van der Waals surface area contributed by atoms with E-state index in [1.165, 1.54) is 38.5 Å². The van der Waals surface area contributed by atoms with Crippen LogP contribution in [0.4, 0.5) is 0 Å². The molecule has 0 atom stereocenters. The van der Waals surface area contributed by atoms with Gasteiger partial charge in [-0.25, -0.2) is 0 Å². The fourth-order valence-corrected chi connectivity index (χ4v) is 6.01. The zero-order chi connectivity index (χ0) is 10.7. The average molecular weight is 254 g/mol. The molecule has 90 valence electrons. The second-order valence-electron chi connectivity index (χ2n) is 5.26. The van der Waals surface area contributed by atoms with E-state index in [0.29, 0.717) is 0 Å². The Balaban J connectivity index is 0.00000128. The molecule has 0 radical (unpaired) electrons. The average Bonchev–Trinajstić information content (AvgIpc) is 2.31. The van der Waals surface area contributed by atoms with Crippen LogP contribution in [0.25, 0.3) is 0 Å². The van der Waals surface area contributed by atoms with Gasteiger partial charge in [0.1, 0.15) is 0 Å². The Kier molecular flexibility index (Phi) is 6.62.